The third-order valence-electron chi connectivity index (χ3n) is 3.76. The number of nitro benzene ring substituents is 1. The molecule has 0 aromatic heterocycles. The Labute approximate surface area is 159 Å². The molecule has 148 valence electrons. The average molecular weight is 391 g/mol. The molecule has 0 fully saturated rings. The van der Waals surface area contributed by atoms with Gasteiger partial charge < -0.3 is 24.1 Å². The number of esters is 1. The fourth-order valence-electron chi connectivity index (χ4n) is 2.39. The molecule has 10 nitrogen and oxygen atoms in total. The van der Waals surface area contributed by atoms with Crippen LogP contribution in [0.1, 0.15) is 20.7 Å². The third-order valence-corrected chi connectivity index (χ3v) is 3.76. The maximum atomic E-state index is 12.5. The molecule has 1 N–H and O–H groups in total. The summed E-state index contributed by atoms with van der Waals surface area (Å²) in [6.45, 7) is -0.699. The molecule has 0 saturated heterocycles. The Balaban J connectivity index is 2.20. The number of nitro groups is 1. The van der Waals surface area contributed by atoms with E-state index in [0.717, 1.165) is 12.1 Å². The molecule has 10 heteroatoms. The molecule has 2 rings (SSSR count). The van der Waals surface area contributed by atoms with Crippen LogP contribution in [0, 0.1) is 10.1 Å². The number of rotatable bonds is 8. The van der Waals surface area contributed by atoms with E-state index < -0.39 is 29.0 Å². The molecule has 0 radical (unpaired) electrons. The Hall–Kier alpha value is -3.82. The summed E-state index contributed by atoms with van der Waals surface area (Å²) in [5.41, 5.74) is -0.397. The van der Waals surface area contributed by atoms with Gasteiger partial charge in [-0.05, 0) is 12.1 Å². The second-order valence-corrected chi connectivity index (χ2v) is 5.34. The number of carbonyl (C=O) groups is 2. The maximum Gasteiger partial charge on any atom is 0.338 e. The number of phenolic OH excluding ortho intramolecular Hbond substituents is 1. The number of non-ortho nitro benzene ring substituents is 1. The molecular formula is C18H17NO9. The van der Waals surface area contributed by atoms with Crippen LogP contribution in [-0.2, 0) is 4.74 Å². The van der Waals surface area contributed by atoms with E-state index in [9.17, 15) is 24.8 Å². The largest absolute Gasteiger partial charge is 0.504 e. The van der Waals surface area contributed by atoms with E-state index in [4.69, 9.17) is 18.9 Å². The van der Waals surface area contributed by atoms with E-state index in [1.165, 1.54) is 39.5 Å². The fraction of sp³-hybridized carbons (Fsp3) is 0.222. The number of carbonyl (C=O) groups excluding carboxylic acids is 2. The number of ketones is 1. The molecule has 0 heterocycles. The lowest BCUT2D eigenvalue weighted by atomic mass is 10.1. The highest BCUT2D eigenvalue weighted by Gasteiger charge is 2.26. The van der Waals surface area contributed by atoms with E-state index in [0.29, 0.717) is 0 Å². The third kappa shape index (κ3) is 4.11. The van der Waals surface area contributed by atoms with Gasteiger partial charge in [0.25, 0.3) is 5.69 Å². The summed E-state index contributed by atoms with van der Waals surface area (Å²) < 4.78 is 20.1. The Morgan fingerprint density at radius 1 is 1.04 bits per heavy atom. The van der Waals surface area contributed by atoms with Gasteiger partial charge in [-0.25, -0.2) is 4.79 Å². The van der Waals surface area contributed by atoms with Gasteiger partial charge in [-0.2, -0.15) is 0 Å². The van der Waals surface area contributed by atoms with E-state index in [2.05, 4.69) is 0 Å². The number of benzene rings is 2. The summed E-state index contributed by atoms with van der Waals surface area (Å²) >= 11 is 0. The summed E-state index contributed by atoms with van der Waals surface area (Å²) in [5, 5.41) is 21.0. The first-order valence-corrected chi connectivity index (χ1v) is 7.80. The Kier molecular flexibility index (Phi) is 6.38. The molecule has 0 amide bonds. The Morgan fingerprint density at radius 2 is 1.64 bits per heavy atom. The number of methoxy groups -OCH3 is 3. The number of hydrogen-bond acceptors (Lipinski definition) is 9. The zero-order chi connectivity index (χ0) is 20.8. The van der Waals surface area contributed by atoms with Crippen molar-refractivity contribution < 1.29 is 38.6 Å². The normalized spacial score (nSPS) is 10.1. The molecule has 0 unspecified atom stereocenters. The Bertz CT molecular complexity index is 906. The molecule has 0 aliphatic carbocycles. The lowest BCUT2D eigenvalue weighted by Crippen LogP contribution is -2.15. The molecule has 0 atom stereocenters. The van der Waals surface area contributed by atoms with Gasteiger partial charge >= 0.3 is 5.97 Å². The van der Waals surface area contributed by atoms with Crippen LogP contribution in [0.3, 0.4) is 0 Å². The van der Waals surface area contributed by atoms with Crippen molar-refractivity contribution in [3.8, 4) is 23.0 Å². The zero-order valence-electron chi connectivity index (χ0n) is 15.3. The average Bonchev–Trinajstić information content (AvgIpc) is 2.70. The first kappa shape index (κ1) is 20.5. The molecule has 0 aliphatic rings. The molecule has 0 spiro atoms. The van der Waals surface area contributed by atoms with E-state index in [1.54, 1.807) is 0 Å². The highest BCUT2D eigenvalue weighted by molar-refractivity contribution is 6.04. The highest BCUT2D eigenvalue weighted by atomic mass is 16.6. The second kappa shape index (κ2) is 8.71. The van der Waals surface area contributed by atoms with Crippen LogP contribution in [0.2, 0.25) is 0 Å². The van der Waals surface area contributed by atoms with Crippen molar-refractivity contribution in [3.63, 3.8) is 0 Å². The van der Waals surface area contributed by atoms with Crippen molar-refractivity contribution in [3.05, 3.63) is 51.6 Å². The van der Waals surface area contributed by atoms with E-state index in [-0.39, 0.29) is 34.1 Å². The minimum Gasteiger partial charge on any atom is -0.504 e. The smallest absolute Gasteiger partial charge is 0.338 e. The van der Waals surface area contributed by atoms with Crippen LogP contribution in [0.25, 0.3) is 0 Å². The van der Waals surface area contributed by atoms with Crippen LogP contribution in [-0.4, -0.2) is 49.7 Å². The predicted octanol–water partition coefficient (Wildman–Crippen LogP) is 2.37. The molecule has 0 bridgehead atoms. The van der Waals surface area contributed by atoms with Crippen molar-refractivity contribution in [1.29, 1.82) is 0 Å². The van der Waals surface area contributed by atoms with Crippen LogP contribution >= 0.6 is 0 Å². The molecule has 28 heavy (non-hydrogen) atoms. The lowest BCUT2D eigenvalue weighted by molar-refractivity contribution is -0.384. The van der Waals surface area contributed by atoms with Gasteiger partial charge in [0.1, 0.15) is 11.3 Å². The maximum absolute atomic E-state index is 12.5. The van der Waals surface area contributed by atoms with Gasteiger partial charge in [0, 0.05) is 18.2 Å². The predicted molar refractivity (Wildman–Crippen MR) is 95.5 cm³/mol. The minimum absolute atomic E-state index is 0.00605. The van der Waals surface area contributed by atoms with Gasteiger partial charge in [-0.3, -0.25) is 14.9 Å². The van der Waals surface area contributed by atoms with Crippen molar-refractivity contribution >= 4 is 17.4 Å². The molecule has 0 saturated carbocycles. The van der Waals surface area contributed by atoms with Crippen molar-refractivity contribution in [2.24, 2.45) is 0 Å². The highest BCUT2D eigenvalue weighted by Crippen LogP contribution is 2.44. The monoisotopic (exact) mass is 391 g/mol. The van der Waals surface area contributed by atoms with Gasteiger partial charge in [0.05, 0.1) is 31.8 Å². The molecule has 0 aliphatic heterocycles. The summed E-state index contributed by atoms with van der Waals surface area (Å²) in [5.74, 6) is -2.04. The van der Waals surface area contributed by atoms with Gasteiger partial charge in [0.15, 0.2) is 18.1 Å². The first-order chi connectivity index (χ1) is 13.3. The van der Waals surface area contributed by atoms with Crippen LogP contribution < -0.4 is 14.2 Å². The van der Waals surface area contributed by atoms with Crippen molar-refractivity contribution in [2.45, 2.75) is 0 Å². The van der Waals surface area contributed by atoms with Crippen LogP contribution in [0.15, 0.2) is 30.3 Å². The van der Waals surface area contributed by atoms with Gasteiger partial charge in [0.2, 0.25) is 11.5 Å². The van der Waals surface area contributed by atoms with Crippen LogP contribution in [0.4, 0.5) is 5.69 Å². The number of nitrogens with zero attached hydrogens (tertiary/aromatic N) is 1. The number of hydrogen-bond donors (Lipinski definition) is 1. The summed E-state index contributed by atoms with van der Waals surface area (Å²) in [7, 11) is 3.93. The summed E-state index contributed by atoms with van der Waals surface area (Å²) in [6.07, 6.45) is 0. The van der Waals surface area contributed by atoms with Crippen LogP contribution in [0.5, 0.6) is 23.0 Å². The second-order valence-electron chi connectivity index (χ2n) is 5.34. The summed E-state index contributed by atoms with van der Waals surface area (Å²) in [6, 6.07) is 6.05. The van der Waals surface area contributed by atoms with Gasteiger partial charge in [-0.1, -0.05) is 0 Å². The van der Waals surface area contributed by atoms with E-state index in [1.807, 2.05) is 0 Å². The van der Waals surface area contributed by atoms with Crippen molar-refractivity contribution in [2.75, 3.05) is 27.9 Å². The fourth-order valence-corrected chi connectivity index (χ4v) is 2.39. The minimum atomic E-state index is -0.859. The molecule has 2 aromatic rings. The number of phenols is 1. The molecular weight excluding hydrogens is 374 g/mol. The first-order valence-electron chi connectivity index (χ1n) is 7.80. The SMILES string of the molecule is COc1cc(OC)c(C(=O)COC(=O)c2ccc([N+](=O)[O-])cc2)c(O)c1OC. The standard InChI is InChI=1S/C18H17NO9/c1-25-13-8-14(26-2)17(27-3)16(21)15(13)12(20)9-28-18(22)10-4-6-11(7-5-10)19(23)24/h4-8,21H,9H2,1-3H3. The van der Waals surface area contributed by atoms with Gasteiger partial charge in [-0.15, -0.1) is 0 Å². The number of Topliss-reactive ketones (excluding diaryl/α,β-unsaturated/α-hetero) is 1. The quantitative estimate of drug-likeness (QED) is 0.311. The zero-order valence-corrected chi connectivity index (χ0v) is 15.3. The molecule has 2 aromatic carbocycles. The topological polar surface area (TPSA) is 134 Å². The number of aromatic hydroxyl groups is 1. The summed E-state index contributed by atoms with van der Waals surface area (Å²) in [4.78, 5) is 34.6. The van der Waals surface area contributed by atoms with E-state index >= 15 is 0 Å². The van der Waals surface area contributed by atoms with Crippen molar-refractivity contribution in [1.82, 2.24) is 0 Å². The Morgan fingerprint density at radius 3 is 2.14 bits per heavy atom. The number of ether oxygens (including phenoxy) is 4. The lowest BCUT2D eigenvalue weighted by Gasteiger charge is -2.15.